The zero-order valence-corrected chi connectivity index (χ0v) is 22.1. The molecule has 1 fully saturated rings. The van der Waals surface area contributed by atoms with E-state index in [4.69, 9.17) is 5.73 Å². The third-order valence-corrected chi connectivity index (χ3v) is 7.27. The van der Waals surface area contributed by atoms with Crippen LogP contribution in [0.25, 0.3) is 21.9 Å². The molecule has 4 N–H and O–H groups in total. The molecule has 3 aromatic carbocycles. The number of nitrogen functional groups attached to an aromatic ring is 1. The molecule has 0 bridgehead atoms. The molecule has 7 nitrogen and oxygen atoms in total. The molecule has 0 aliphatic carbocycles. The van der Waals surface area contributed by atoms with Gasteiger partial charge in [0.2, 0.25) is 0 Å². The number of piperazine rings is 1. The number of nitrogens with one attached hydrogen (secondary N) is 2. The number of fused-ring (bicyclic) bond motifs is 1. The van der Waals surface area contributed by atoms with Crippen molar-refractivity contribution >= 4 is 34.0 Å². The Labute approximate surface area is 230 Å². The summed E-state index contributed by atoms with van der Waals surface area (Å²) in [6, 6.07) is 18.2. The number of pyridine rings is 1. The Morgan fingerprint density at radius 3 is 2.27 bits per heavy atom. The zero-order chi connectivity index (χ0) is 28.3. The van der Waals surface area contributed by atoms with Crippen LogP contribution in [0.5, 0.6) is 0 Å². The number of carbonyl (C=O) groups excluding carboxylic acids is 1. The fraction of sp³-hybridized carbons (Fsp3) is 0.267. The molecule has 2 amide bonds. The summed E-state index contributed by atoms with van der Waals surface area (Å²) in [6.45, 7) is 6.35. The molecule has 0 radical (unpaired) electrons. The molecular formula is C30H31F3N6O. The number of likely N-dealkylation sites (N-methyl/N-ethyl adjacent to an activating group) is 1. The number of hydrogen-bond donors (Lipinski definition) is 3. The van der Waals surface area contributed by atoms with Crippen molar-refractivity contribution < 1.29 is 18.0 Å². The molecule has 1 saturated heterocycles. The maximum absolute atomic E-state index is 13.9. The van der Waals surface area contributed by atoms with Gasteiger partial charge in [0, 0.05) is 55.7 Å². The first-order valence-electron chi connectivity index (χ1n) is 13.2. The summed E-state index contributed by atoms with van der Waals surface area (Å²) in [6.07, 6.45) is -2.88. The van der Waals surface area contributed by atoms with Crippen LogP contribution in [0.4, 0.5) is 35.2 Å². The van der Waals surface area contributed by atoms with Crippen LogP contribution in [0.3, 0.4) is 0 Å². The zero-order valence-electron chi connectivity index (χ0n) is 22.1. The molecule has 0 atom stereocenters. The Bertz CT molecular complexity index is 1500. The number of aromatic nitrogens is 1. The Morgan fingerprint density at radius 1 is 0.900 bits per heavy atom. The highest BCUT2D eigenvalue weighted by Gasteiger charge is 2.34. The lowest BCUT2D eigenvalue weighted by Gasteiger charge is -2.34. The Kier molecular flexibility index (Phi) is 7.90. The minimum absolute atomic E-state index is 0.0722. The summed E-state index contributed by atoms with van der Waals surface area (Å²) in [4.78, 5) is 21.1. The average molecular weight is 549 g/mol. The molecular weight excluding hydrogens is 517 g/mol. The second-order valence-corrected chi connectivity index (χ2v) is 9.83. The number of nitrogens with zero attached hydrogens (tertiary/aromatic N) is 3. The minimum Gasteiger partial charge on any atom is -0.383 e. The summed E-state index contributed by atoms with van der Waals surface area (Å²) in [7, 11) is 0. The van der Waals surface area contributed by atoms with Gasteiger partial charge in [-0.1, -0.05) is 43.3 Å². The number of rotatable bonds is 6. The van der Waals surface area contributed by atoms with Gasteiger partial charge >= 0.3 is 12.2 Å². The third-order valence-electron chi connectivity index (χ3n) is 7.27. The minimum atomic E-state index is -4.53. The van der Waals surface area contributed by atoms with Crippen LogP contribution in [-0.4, -0.2) is 53.5 Å². The number of urea groups is 1. The van der Waals surface area contributed by atoms with Gasteiger partial charge in [-0.25, -0.2) is 9.78 Å². The fourth-order valence-corrected chi connectivity index (χ4v) is 5.07. The number of benzene rings is 3. The summed E-state index contributed by atoms with van der Waals surface area (Å²) in [5.41, 5.74) is 7.93. The number of amides is 2. The molecule has 0 spiro atoms. The lowest BCUT2D eigenvalue weighted by molar-refractivity contribution is -0.138. The predicted octanol–water partition coefficient (Wildman–Crippen LogP) is 6.28. The van der Waals surface area contributed by atoms with E-state index in [1.54, 1.807) is 18.3 Å². The van der Waals surface area contributed by atoms with Crippen molar-refractivity contribution in [1.82, 2.24) is 14.8 Å². The van der Waals surface area contributed by atoms with Crippen LogP contribution in [0.1, 0.15) is 18.1 Å². The van der Waals surface area contributed by atoms with Gasteiger partial charge in [0.05, 0.1) is 5.56 Å². The van der Waals surface area contributed by atoms with Crippen LogP contribution in [-0.2, 0) is 12.7 Å². The monoisotopic (exact) mass is 548 g/mol. The molecule has 0 saturated carbocycles. The van der Waals surface area contributed by atoms with Gasteiger partial charge in [0.25, 0.3) is 0 Å². The van der Waals surface area contributed by atoms with Crippen LogP contribution in [0.2, 0.25) is 0 Å². The van der Waals surface area contributed by atoms with Crippen molar-refractivity contribution in [3.8, 4) is 11.1 Å². The van der Waals surface area contributed by atoms with E-state index in [-0.39, 0.29) is 17.8 Å². The quantitative estimate of drug-likeness (QED) is 0.264. The van der Waals surface area contributed by atoms with Crippen molar-refractivity contribution in [2.75, 3.05) is 49.1 Å². The molecule has 10 heteroatoms. The van der Waals surface area contributed by atoms with Gasteiger partial charge in [-0.3, -0.25) is 4.90 Å². The van der Waals surface area contributed by atoms with E-state index in [0.717, 1.165) is 60.7 Å². The Hall–Kier alpha value is -4.15. The van der Waals surface area contributed by atoms with Crippen molar-refractivity contribution in [3.63, 3.8) is 0 Å². The highest BCUT2D eigenvalue weighted by molar-refractivity contribution is 6.02. The second kappa shape index (κ2) is 11.5. The largest absolute Gasteiger partial charge is 0.416 e. The number of anilines is 3. The summed E-state index contributed by atoms with van der Waals surface area (Å²) < 4.78 is 41.7. The second-order valence-electron chi connectivity index (χ2n) is 9.83. The number of hydrogen-bond acceptors (Lipinski definition) is 5. The smallest absolute Gasteiger partial charge is 0.383 e. The number of nitrogens with two attached hydrogens (primary N) is 1. The molecule has 4 aromatic rings. The van der Waals surface area contributed by atoms with Crippen LogP contribution in [0, 0.1) is 0 Å². The van der Waals surface area contributed by atoms with Gasteiger partial charge < -0.3 is 21.3 Å². The SMILES string of the molecule is CCN1CCN(Cc2ccc(NC(=O)Nc3ccc(-c4cccc5c(N)nccc45)cc3)cc2C(F)(F)F)CC1. The van der Waals surface area contributed by atoms with E-state index in [1.807, 2.05) is 41.3 Å². The maximum atomic E-state index is 13.9. The predicted molar refractivity (Wildman–Crippen MR) is 153 cm³/mol. The summed E-state index contributed by atoms with van der Waals surface area (Å²) >= 11 is 0. The summed E-state index contributed by atoms with van der Waals surface area (Å²) in [5.74, 6) is 0.450. The first-order chi connectivity index (χ1) is 19.2. The molecule has 40 heavy (non-hydrogen) atoms. The van der Waals surface area contributed by atoms with Gasteiger partial charge in [0.15, 0.2) is 0 Å². The normalized spacial score (nSPS) is 14.8. The van der Waals surface area contributed by atoms with Gasteiger partial charge in [-0.05, 0) is 59.0 Å². The molecule has 1 aliphatic rings. The van der Waals surface area contributed by atoms with Gasteiger partial charge in [-0.2, -0.15) is 13.2 Å². The van der Waals surface area contributed by atoms with E-state index in [2.05, 4.69) is 27.4 Å². The topological polar surface area (TPSA) is 86.5 Å². The fourth-order valence-electron chi connectivity index (χ4n) is 5.07. The van der Waals surface area contributed by atoms with E-state index in [0.29, 0.717) is 11.5 Å². The molecule has 1 aliphatic heterocycles. The number of carbonyl (C=O) groups is 1. The first kappa shape index (κ1) is 27.4. The lowest BCUT2D eigenvalue weighted by Crippen LogP contribution is -2.45. The van der Waals surface area contributed by atoms with Gasteiger partial charge in [0.1, 0.15) is 5.82 Å². The molecule has 5 rings (SSSR count). The van der Waals surface area contributed by atoms with E-state index >= 15 is 0 Å². The van der Waals surface area contributed by atoms with E-state index in [1.165, 1.54) is 12.1 Å². The van der Waals surface area contributed by atoms with Crippen LogP contribution >= 0.6 is 0 Å². The number of halogens is 3. The lowest BCUT2D eigenvalue weighted by atomic mass is 9.99. The standard InChI is InChI=1S/C30H31F3N6O/c1-2-38-14-16-39(17-15-38)19-21-8-11-23(18-27(21)30(31,32)33)37-29(40)36-22-9-6-20(7-10-22)24-4-3-5-26-25(24)12-13-35-28(26)34/h3-13,18H,2,14-17,19H2,1H3,(H2,34,35)(H2,36,37,40). The maximum Gasteiger partial charge on any atom is 0.416 e. The van der Waals surface area contributed by atoms with Crippen LogP contribution < -0.4 is 16.4 Å². The average Bonchev–Trinajstić information content (AvgIpc) is 2.94. The van der Waals surface area contributed by atoms with Gasteiger partial charge in [-0.15, -0.1) is 0 Å². The molecule has 1 aromatic heterocycles. The first-order valence-corrected chi connectivity index (χ1v) is 13.2. The summed E-state index contributed by atoms with van der Waals surface area (Å²) in [5, 5.41) is 7.03. The van der Waals surface area contributed by atoms with Crippen molar-refractivity contribution in [2.45, 2.75) is 19.6 Å². The van der Waals surface area contributed by atoms with E-state index < -0.39 is 17.8 Å². The highest BCUT2D eigenvalue weighted by Crippen LogP contribution is 2.35. The third kappa shape index (κ3) is 6.19. The highest BCUT2D eigenvalue weighted by atomic mass is 19.4. The Balaban J connectivity index is 1.26. The Morgan fingerprint density at radius 2 is 1.57 bits per heavy atom. The van der Waals surface area contributed by atoms with Crippen molar-refractivity contribution in [3.05, 3.63) is 84.1 Å². The molecule has 2 heterocycles. The number of alkyl halides is 3. The molecule has 208 valence electrons. The molecule has 0 unspecified atom stereocenters. The van der Waals surface area contributed by atoms with Crippen LogP contribution in [0.15, 0.2) is 72.9 Å². The van der Waals surface area contributed by atoms with Crippen molar-refractivity contribution in [1.29, 1.82) is 0 Å². The van der Waals surface area contributed by atoms with Crippen molar-refractivity contribution in [2.24, 2.45) is 0 Å². The van der Waals surface area contributed by atoms with E-state index in [9.17, 15) is 18.0 Å².